The van der Waals surface area contributed by atoms with Crippen molar-refractivity contribution in [3.63, 3.8) is 0 Å². The number of benzene rings is 2. The lowest BCUT2D eigenvalue weighted by molar-refractivity contribution is -0.162. The van der Waals surface area contributed by atoms with Gasteiger partial charge >= 0.3 is 5.97 Å². The standard InChI is InChI=1S/C29H32N2O4/c1-5-15-30-25(32)16-22-17-29(27(34)35-4)19-28(2,3)14-13-24(29)31(26(22)33)18-21-11-8-10-20-9-6-7-12-23(20)21/h1,6-13,22H,14-19H2,2-4H3,(H,30,32)/t22-,29-/m1/s1. The highest BCUT2D eigenvalue weighted by atomic mass is 16.5. The first kappa shape index (κ1) is 24.5. The summed E-state index contributed by atoms with van der Waals surface area (Å²) >= 11 is 0. The number of likely N-dealkylation sites (tertiary alicyclic amines) is 1. The van der Waals surface area contributed by atoms with Crippen molar-refractivity contribution in [3.8, 4) is 12.3 Å². The number of nitrogens with one attached hydrogen (secondary N) is 1. The summed E-state index contributed by atoms with van der Waals surface area (Å²) in [5.74, 6) is 0.916. The Morgan fingerprint density at radius 1 is 1.20 bits per heavy atom. The van der Waals surface area contributed by atoms with E-state index in [0.717, 1.165) is 22.8 Å². The van der Waals surface area contributed by atoms with E-state index in [1.165, 1.54) is 7.11 Å². The predicted molar refractivity (Wildman–Crippen MR) is 135 cm³/mol. The minimum Gasteiger partial charge on any atom is -0.468 e. The quantitative estimate of drug-likeness (QED) is 0.505. The number of esters is 1. The van der Waals surface area contributed by atoms with Gasteiger partial charge in [0.2, 0.25) is 11.8 Å². The number of hydrogen-bond acceptors (Lipinski definition) is 4. The lowest BCUT2D eigenvalue weighted by atomic mass is 9.59. The summed E-state index contributed by atoms with van der Waals surface area (Å²) in [6.45, 7) is 4.64. The van der Waals surface area contributed by atoms with Crippen LogP contribution in [0.1, 0.15) is 45.1 Å². The van der Waals surface area contributed by atoms with E-state index in [-0.39, 0.29) is 42.6 Å². The second kappa shape index (κ2) is 9.58. The Hall–Kier alpha value is -3.59. The number of hydrogen-bond donors (Lipinski definition) is 1. The van der Waals surface area contributed by atoms with Crippen molar-refractivity contribution in [2.24, 2.45) is 16.7 Å². The third-order valence-electron chi connectivity index (χ3n) is 7.22. The maximum Gasteiger partial charge on any atom is 0.317 e. The largest absolute Gasteiger partial charge is 0.468 e. The molecule has 0 spiro atoms. The summed E-state index contributed by atoms with van der Waals surface area (Å²) in [6.07, 6.45) is 8.80. The lowest BCUT2D eigenvalue weighted by Crippen LogP contribution is -2.55. The molecule has 2 aromatic rings. The van der Waals surface area contributed by atoms with Gasteiger partial charge in [-0.3, -0.25) is 14.4 Å². The van der Waals surface area contributed by atoms with E-state index >= 15 is 0 Å². The van der Waals surface area contributed by atoms with Crippen LogP contribution in [-0.4, -0.2) is 36.3 Å². The fourth-order valence-corrected chi connectivity index (χ4v) is 5.76. The van der Waals surface area contributed by atoms with Crippen molar-refractivity contribution in [2.75, 3.05) is 13.7 Å². The Balaban J connectivity index is 1.80. The summed E-state index contributed by atoms with van der Waals surface area (Å²) in [7, 11) is 1.39. The minimum absolute atomic E-state index is 0.0288. The Morgan fingerprint density at radius 3 is 2.69 bits per heavy atom. The highest BCUT2D eigenvalue weighted by Crippen LogP contribution is 2.55. The van der Waals surface area contributed by atoms with E-state index in [4.69, 9.17) is 11.2 Å². The first-order valence-corrected chi connectivity index (χ1v) is 12.0. The van der Waals surface area contributed by atoms with Crippen molar-refractivity contribution in [3.05, 3.63) is 59.8 Å². The molecule has 2 amide bonds. The van der Waals surface area contributed by atoms with E-state index in [2.05, 4.69) is 25.1 Å². The molecule has 1 saturated heterocycles. The zero-order chi connectivity index (χ0) is 25.2. The first-order valence-electron chi connectivity index (χ1n) is 12.0. The summed E-state index contributed by atoms with van der Waals surface area (Å²) in [5.41, 5.74) is 0.534. The van der Waals surface area contributed by atoms with Crippen LogP contribution in [0, 0.1) is 29.1 Å². The maximum absolute atomic E-state index is 13.9. The predicted octanol–water partition coefficient (Wildman–Crippen LogP) is 4.19. The van der Waals surface area contributed by atoms with E-state index < -0.39 is 11.3 Å². The Kier molecular flexibility index (Phi) is 6.71. The van der Waals surface area contributed by atoms with Crippen LogP contribution in [0.25, 0.3) is 10.8 Å². The van der Waals surface area contributed by atoms with Gasteiger partial charge in [-0.1, -0.05) is 68.3 Å². The van der Waals surface area contributed by atoms with Gasteiger partial charge < -0.3 is 15.0 Å². The zero-order valence-corrected chi connectivity index (χ0v) is 20.6. The number of amides is 2. The molecule has 0 bridgehead atoms. The first-order chi connectivity index (χ1) is 16.7. The topological polar surface area (TPSA) is 75.7 Å². The number of rotatable bonds is 6. The lowest BCUT2D eigenvalue weighted by Gasteiger charge is -2.51. The van der Waals surface area contributed by atoms with Gasteiger partial charge in [0.05, 0.1) is 20.2 Å². The van der Waals surface area contributed by atoms with E-state index in [1.807, 2.05) is 48.5 Å². The number of ether oxygens (including phenoxy) is 1. The Morgan fingerprint density at radius 2 is 1.94 bits per heavy atom. The molecule has 0 radical (unpaired) electrons. The van der Waals surface area contributed by atoms with E-state index in [1.54, 1.807) is 4.90 Å². The number of terminal acetylenes is 1. The van der Waals surface area contributed by atoms with Crippen molar-refractivity contribution in [2.45, 2.75) is 46.1 Å². The van der Waals surface area contributed by atoms with Gasteiger partial charge in [-0.2, -0.15) is 0 Å². The molecule has 0 aromatic heterocycles. The number of fused-ring (bicyclic) bond motifs is 2. The van der Waals surface area contributed by atoms with Crippen molar-refractivity contribution < 1.29 is 19.1 Å². The second-order valence-corrected chi connectivity index (χ2v) is 10.4. The van der Waals surface area contributed by atoms with Crippen LogP contribution in [-0.2, 0) is 25.7 Å². The molecule has 1 aliphatic carbocycles. The smallest absolute Gasteiger partial charge is 0.317 e. The summed E-state index contributed by atoms with van der Waals surface area (Å²) in [6, 6.07) is 14.1. The average molecular weight is 473 g/mol. The molecule has 35 heavy (non-hydrogen) atoms. The number of piperidine rings is 1. The zero-order valence-electron chi connectivity index (χ0n) is 20.6. The van der Waals surface area contributed by atoms with E-state index in [0.29, 0.717) is 18.7 Å². The molecule has 1 N–H and O–H groups in total. The average Bonchev–Trinajstić information content (AvgIpc) is 2.84. The molecule has 4 rings (SSSR count). The van der Waals surface area contributed by atoms with Gasteiger partial charge in [0.15, 0.2) is 0 Å². The fraction of sp³-hybridized carbons (Fsp3) is 0.414. The molecule has 2 atom stereocenters. The molecular formula is C29H32N2O4. The van der Waals surface area contributed by atoms with Crippen LogP contribution in [0.4, 0.5) is 0 Å². The number of carbonyl (C=O) groups is 3. The SMILES string of the molecule is C#CCNC(=O)C[C@@H]1C[C@@]2(C(=O)OC)CC(C)(C)CC=C2N(Cc2cccc3ccccc23)C1=O. The molecule has 1 fully saturated rings. The summed E-state index contributed by atoms with van der Waals surface area (Å²) in [5, 5.41) is 4.79. The van der Waals surface area contributed by atoms with Crippen molar-refractivity contribution in [1.82, 2.24) is 10.2 Å². The normalized spacial score (nSPS) is 23.1. The number of nitrogens with zero attached hydrogens (tertiary/aromatic N) is 1. The molecule has 1 aliphatic heterocycles. The molecule has 6 heteroatoms. The monoisotopic (exact) mass is 472 g/mol. The molecule has 1 heterocycles. The molecule has 2 aliphatic rings. The summed E-state index contributed by atoms with van der Waals surface area (Å²) in [4.78, 5) is 41.6. The van der Waals surface area contributed by atoms with Crippen LogP contribution >= 0.6 is 0 Å². The molecule has 2 aromatic carbocycles. The molecule has 0 saturated carbocycles. The third kappa shape index (κ3) is 4.68. The van der Waals surface area contributed by atoms with Crippen LogP contribution in [0.15, 0.2) is 54.2 Å². The second-order valence-electron chi connectivity index (χ2n) is 10.4. The molecule has 0 unspecified atom stereocenters. The van der Waals surface area contributed by atoms with Gasteiger partial charge in [-0.05, 0) is 41.0 Å². The highest BCUT2D eigenvalue weighted by Gasteiger charge is 2.57. The maximum atomic E-state index is 13.9. The Labute approximate surface area is 206 Å². The van der Waals surface area contributed by atoms with Gasteiger partial charge in [0, 0.05) is 18.0 Å². The highest BCUT2D eigenvalue weighted by molar-refractivity contribution is 5.93. The van der Waals surface area contributed by atoms with Gasteiger partial charge in [0.1, 0.15) is 5.41 Å². The van der Waals surface area contributed by atoms with Crippen LogP contribution in [0.2, 0.25) is 0 Å². The number of carbonyl (C=O) groups excluding carboxylic acids is 3. The number of methoxy groups -OCH3 is 1. The Bertz CT molecular complexity index is 1230. The van der Waals surface area contributed by atoms with Crippen molar-refractivity contribution in [1.29, 1.82) is 0 Å². The van der Waals surface area contributed by atoms with Crippen LogP contribution < -0.4 is 5.32 Å². The van der Waals surface area contributed by atoms with Crippen molar-refractivity contribution >= 4 is 28.6 Å². The molecule has 182 valence electrons. The number of allylic oxidation sites excluding steroid dienone is 1. The van der Waals surface area contributed by atoms with Crippen LogP contribution in [0.5, 0.6) is 0 Å². The minimum atomic E-state index is -0.994. The van der Waals surface area contributed by atoms with E-state index in [9.17, 15) is 14.4 Å². The summed E-state index contributed by atoms with van der Waals surface area (Å²) < 4.78 is 5.32. The van der Waals surface area contributed by atoms with Gasteiger partial charge in [-0.25, -0.2) is 0 Å². The van der Waals surface area contributed by atoms with Gasteiger partial charge in [0.25, 0.3) is 0 Å². The van der Waals surface area contributed by atoms with Crippen LogP contribution in [0.3, 0.4) is 0 Å². The third-order valence-corrected chi connectivity index (χ3v) is 7.22. The molecule has 6 nitrogen and oxygen atoms in total. The fourth-order valence-electron chi connectivity index (χ4n) is 5.76. The molecular weight excluding hydrogens is 440 g/mol. The van der Waals surface area contributed by atoms with Gasteiger partial charge in [-0.15, -0.1) is 6.42 Å².